The molecule has 122 valence electrons. The first-order valence-corrected chi connectivity index (χ1v) is 7.63. The van der Waals surface area contributed by atoms with Gasteiger partial charge in [-0.15, -0.1) is 0 Å². The van der Waals surface area contributed by atoms with Crippen LogP contribution in [0.15, 0.2) is 23.9 Å². The number of hydrogen-bond donors (Lipinski definition) is 1. The summed E-state index contributed by atoms with van der Waals surface area (Å²) in [7, 11) is 0. The van der Waals surface area contributed by atoms with Gasteiger partial charge in [0.2, 0.25) is 5.60 Å². The summed E-state index contributed by atoms with van der Waals surface area (Å²) in [6.07, 6.45) is -1.83. The second kappa shape index (κ2) is 5.95. The normalized spacial score (nSPS) is 20.8. The lowest BCUT2D eigenvalue weighted by molar-refractivity contribution is -0.254. The molecule has 0 heterocycles. The van der Waals surface area contributed by atoms with Gasteiger partial charge < -0.3 is 10.0 Å². The van der Waals surface area contributed by atoms with Crippen molar-refractivity contribution < 1.29 is 18.3 Å². The Morgan fingerprint density at radius 1 is 1.14 bits per heavy atom. The number of hydrogen-bond acceptors (Lipinski definition) is 2. The zero-order chi connectivity index (χ0) is 16.5. The molecule has 1 aliphatic rings. The third-order valence-electron chi connectivity index (χ3n) is 4.00. The van der Waals surface area contributed by atoms with Crippen molar-refractivity contribution in [3.8, 4) is 0 Å². The van der Waals surface area contributed by atoms with Gasteiger partial charge in [0.05, 0.1) is 5.70 Å². The maximum absolute atomic E-state index is 13.7. The molecule has 0 aromatic heterocycles. The minimum absolute atomic E-state index is 0.0516. The molecule has 1 unspecified atom stereocenters. The smallest absolute Gasteiger partial charge is 0.372 e. The highest BCUT2D eigenvalue weighted by molar-refractivity contribution is 5.69. The van der Waals surface area contributed by atoms with Crippen LogP contribution in [0.1, 0.15) is 43.4 Å². The van der Waals surface area contributed by atoms with Gasteiger partial charge in [-0.2, -0.15) is 13.2 Å². The van der Waals surface area contributed by atoms with Crippen LogP contribution in [0.4, 0.5) is 13.2 Å². The van der Waals surface area contributed by atoms with Crippen LogP contribution in [-0.4, -0.2) is 29.3 Å². The lowest BCUT2D eigenvalue weighted by Gasteiger charge is -2.37. The van der Waals surface area contributed by atoms with Gasteiger partial charge in [-0.05, 0) is 31.4 Å². The van der Waals surface area contributed by atoms with Crippen molar-refractivity contribution in [1.82, 2.24) is 4.90 Å². The molecule has 2 rings (SSSR count). The van der Waals surface area contributed by atoms with Gasteiger partial charge >= 0.3 is 6.18 Å². The van der Waals surface area contributed by atoms with Gasteiger partial charge in [0.1, 0.15) is 0 Å². The van der Waals surface area contributed by atoms with Crippen molar-refractivity contribution in [2.75, 3.05) is 13.1 Å². The molecule has 0 radical (unpaired) electrons. The number of benzene rings is 1. The molecule has 0 saturated heterocycles. The highest BCUT2D eigenvalue weighted by atomic mass is 19.4. The fraction of sp³-hybridized carbons (Fsp3) is 0.529. The number of fused-ring (bicyclic) bond motifs is 1. The predicted molar refractivity (Wildman–Crippen MR) is 81.3 cm³/mol. The van der Waals surface area contributed by atoms with Crippen LogP contribution in [0, 0.1) is 6.92 Å². The molecule has 1 aliphatic carbocycles. The van der Waals surface area contributed by atoms with E-state index in [1.165, 1.54) is 12.1 Å². The van der Waals surface area contributed by atoms with Crippen molar-refractivity contribution in [3.63, 3.8) is 0 Å². The molecule has 1 N–H and O–H groups in total. The molecule has 2 nitrogen and oxygen atoms in total. The monoisotopic (exact) mass is 313 g/mol. The summed E-state index contributed by atoms with van der Waals surface area (Å²) in [5, 5.41) is 10.7. The van der Waals surface area contributed by atoms with Crippen LogP contribution in [-0.2, 0) is 5.60 Å². The highest BCUT2D eigenvalue weighted by Crippen LogP contribution is 2.51. The maximum atomic E-state index is 13.7. The molecule has 22 heavy (non-hydrogen) atoms. The first kappa shape index (κ1) is 16.9. The van der Waals surface area contributed by atoms with Crippen molar-refractivity contribution >= 4 is 6.08 Å². The second-order valence-corrected chi connectivity index (χ2v) is 5.82. The average molecular weight is 313 g/mol. The summed E-state index contributed by atoms with van der Waals surface area (Å²) in [6.45, 7) is 6.55. The fourth-order valence-corrected chi connectivity index (χ4v) is 3.01. The molecular formula is C17H22F3NO. The van der Waals surface area contributed by atoms with Crippen LogP contribution < -0.4 is 0 Å². The molecule has 1 aromatic rings. The Hall–Kier alpha value is -1.49. The highest BCUT2D eigenvalue weighted by Gasteiger charge is 2.61. The van der Waals surface area contributed by atoms with Crippen molar-refractivity contribution in [1.29, 1.82) is 0 Å². The van der Waals surface area contributed by atoms with E-state index in [0.29, 0.717) is 24.2 Å². The Labute approximate surface area is 129 Å². The zero-order valence-corrected chi connectivity index (χ0v) is 13.2. The van der Waals surface area contributed by atoms with Crippen molar-refractivity contribution in [2.45, 2.75) is 45.4 Å². The zero-order valence-electron chi connectivity index (χ0n) is 13.2. The Kier molecular flexibility index (Phi) is 4.57. The van der Waals surface area contributed by atoms with E-state index < -0.39 is 11.8 Å². The maximum Gasteiger partial charge on any atom is 0.427 e. The number of rotatable bonds is 5. The SMILES string of the molecule is CCCN(CCC)C1=Cc2ccc(C)cc2C1(O)C(F)(F)F. The molecule has 0 bridgehead atoms. The molecule has 1 aromatic carbocycles. The molecular weight excluding hydrogens is 291 g/mol. The predicted octanol–water partition coefficient (Wildman–Crippen LogP) is 4.22. The largest absolute Gasteiger partial charge is 0.427 e. The van der Waals surface area contributed by atoms with Gasteiger partial charge in [0.25, 0.3) is 0 Å². The Morgan fingerprint density at radius 3 is 2.23 bits per heavy atom. The summed E-state index contributed by atoms with van der Waals surface area (Å²) in [5.41, 5.74) is -1.89. The number of aliphatic hydroxyl groups is 1. The van der Waals surface area contributed by atoms with Crippen LogP contribution in [0.5, 0.6) is 0 Å². The van der Waals surface area contributed by atoms with Crippen molar-refractivity contribution in [3.05, 3.63) is 40.6 Å². The van der Waals surface area contributed by atoms with E-state index in [1.807, 2.05) is 13.8 Å². The quantitative estimate of drug-likeness (QED) is 0.880. The molecule has 0 fully saturated rings. The molecule has 0 saturated carbocycles. The lowest BCUT2D eigenvalue weighted by atomic mass is 9.91. The van der Waals surface area contributed by atoms with Gasteiger partial charge in [0, 0.05) is 18.7 Å². The van der Waals surface area contributed by atoms with E-state index in [4.69, 9.17) is 0 Å². The van der Waals surface area contributed by atoms with E-state index in [9.17, 15) is 18.3 Å². The third-order valence-corrected chi connectivity index (χ3v) is 4.00. The van der Waals surface area contributed by atoms with Crippen LogP contribution >= 0.6 is 0 Å². The van der Waals surface area contributed by atoms with E-state index in [1.54, 1.807) is 24.0 Å². The Balaban J connectivity index is 2.58. The number of alkyl halides is 3. The van der Waals surface area contributed by atoms with Crippen LogP contribution in [0.25, 0.3) is 6.08 Å². The third kappa shape index (κ3) is 2.62. The molecule has 5 heteroatoms. The Bertz CT molecular complexity index is 574. The Morgan fingerprint density at radius 2 is 1.73 bits per heavy atom. The van der Waals surface area contributed by atoms with E-state index in [-0.39, 0.29) is 11.3 Å². The number of halogens is 3. The summed E-state index contributed by atoms with van der Waals surface area (Å²) in [6, 6.07) is 4.84. The summed E-state index contributed by atoms with van der Waals surface area (Å²) in [4.78, 5) is 1.66. The number of aryl methyl sites for hydroxylation is 1. The number of nitrogens with zero attached hydrogens (tertiary/aromatic N) is 1. The first-order chi connectivity index (χ1) is 10.3. The van der Waals surface area contributed by atoms with Crippen LogP contribution in [0.3, 0.4) is 0 Å². The molecule has 0 spiro atoms. The van der Waals surface area contributed by atoms with Gasteiger partial charge in [-0.25, -0.2) is 0 Å². The molecule has 0 aliphatic heterocycles. The fourth-order valence-electron chi connectivity index (χ4n) is 3.01. The van der Waals surface area contributed by atoms with Crippen molar-refractivity contribution in [2.24, 2.45) is 0 Å². The standard InChI is InChI=1S/C17H22F3NO/c1-4-8-21(9-5-2)15-11-13-7-6-12(3)10-14(13)16(15,22)17(18,19)20/h6-7,10-11,22H,4-5,8-9H2,1-3H3. The first-order valence-electron chi connectivity index (χ1n) is 7.63. The van der Waals surface area contributed by atoms with Gasteiger partial charge in [-0.3, -0.25) is 0 Å². The minimum Gasteiger partial charge on any atom is -0.372 e. The summed E-state index contributed by atoms with van der Waals surface area (Å²) >= 11 is 0. The van der Waals surface area contributed by atoms with Gasteiger partial charge in [-0.1, -0.05) is 37.6 Å². The molecule has 1 atom stereocenters. The van der Waals surface area contributed by atoms with E-state index in [0.717, 1.165) is 12.8 Å². The van der Waals surface area contributed by atoms with E-state index >= 15 is 0 Å². The molecule has 0 amide bonds. The topological polar surface area (TPSA) is 23.5 Å². The minimum atomic E-state index is -4.75. The van der Waals surface area contributed by atoms with E-state index in [2.05, 4.69) is 0 Å². The van der Waals surface area contributed by atoms with Crippen LogP contribution in [0.2, 0.25) is 0 Å². The lowest BCUT2D eigenvalue weighted by Crippen LogP contribution is -2.48. The summed E-state index contributed by atoms with van der Waals surface area (Å²) in [5.74, 6) is 0. The average Bonchev–Trinajstić information content (AvgIpc) is 2.73. The summed E-state index contributed by atoms with van der Waals surface area (Å²) < 4.78 is 41.2. The second-order valence-electron chi connectivity index (χ2n) is 5.82. The van der Waals surface area contributed by atoms with Gasteiger partial charge in [0.15, 0.2) is 0 Å².